The van der Waals surface area contributed by atoms with Gasteiger partial charge in [0.05, 0.1) is 11.4 Å². The highest BCUT2D eigenvalue weighted by atomic mass is 32.1. The van der Waals surface area contributed by atoms with Gasteiger partial charge in [0, 0.05) is 42.3 Å². The Bertz CT molecular complexity index is 3130. The Labute approximate surface area is 318 Å². The normalized spacial score (nSPS) is 13.1. The van der Waals surface area contributed by atoms with Crippen LogP contribution < -0.4 is 0 Å². The third-order valence-corrected chi connectivity index (χ3v) is 12.6. The first kappa shape index (κ1) is 31.1. The molecule has 0 bridgehead atoms. The Hall–Kier alpha value is -6.42. The van der Waals surface area contributed by atoms with E-state index in [4.69, 9.17) is 9.97 Å². The van der Waals surface area contributed by atoms with E-state index >= 15 is 0 Å². The zero-order chi connectivity index (χ0) is 36.0. The molecule has 3 heteroatoms. The first-order valence-electron chi connectivity index (χ1n) is 18.6. The van der Waals surface area contributed by atoms with Gasteiger partial charge in [-0.15, -0.1) is 11.3 Å². The average molecular weight is 707 g/mol. The Kier molecular flexibility index (Phi) is 6.80. The summed E-state index contributed by atoms with van der Waals surface area (Å²) in [5.41, 5.74) is 12.8. The lowest BCUT2D eigenvalue weighted by atomic mass is 9.80. The van der Waals surface area contributed by atoms with Crippen LogP contribution in [0.25, 0.3) is 97.9 Å². The lowest BCUT2D eigenvalue weighted by Crippen LogP contribution is -2.15. The second-order valence-corrected chi connectivity index (χ2v) is 16.0. The van der Waals surface area contributed by atoms with Crippen LogP contribution in [-0.2, 0) is 5.41 Å². The van der Waals surface area contributed by atoms with Crippen LogP contribution in [0, 0.1) is 0 Å². The quantitative estimate of drug-likeness (QED) is 0.182. The SMILES string of the molecule is CC1(C)c2cccc(-c3ccc(-c4nc(-c5ccccc5)cc(-c5ccc6sc7ccccc7c6c5)n4)c4ccccc34)c2-c2ccc3ccccc3c21. The van der Waals surface area contributed by atoms with Gasteiger partial charge in [-0.25, -0.2) is 9.97 Å². The summed E-state index contributed by atoms with van der Waals surface area (Å²) in [6, 6.07) is 61.6. The van der Waals surface area contributed by atoms with E-state index in [1.807, 2.05) is 11.3 Å². The van der Waals surface area contributed by atoms with Crippen molar-refractivity contribution in [2.75, 3.05) is 0 Å². The van der Waals surface area contributed by atoms with Crippen LogP contribution in [0.15, 0.2) is 170 Å². The zero-order valence-corrected chi connectivity index (χ0v) is 30.8. The molecule has 254 valence electrons. The van der Waals surface area contributed by atoms with Crippen LogP contribution in [0.2, 0.25) is 0 Å². The summed E-state index contributed by atoms with van der Waals surface area (Å²) in [4.78, 5) is 10.6. The molecule has 54 heavy (non-hydrogen) atoms. The van der Waals surface area contributed by atoms with Gasteiger partial charge in [0.15, 0.2) is 5.82 Å². The summed E-state index contributed by atoms with van der Waals surface area (Å²) in [7, 11) is 0. The highest BCUT2D eigenvalue weighted by Gasteiger charge is 2.38. The van der Waals surface area contributed by atoms with E-state index in [2.05, 4.69) is 184 Å². The predicted octanol–water partition coefficient (Wildman–Crippen LogP) is 14.1. The number of benzene rings is 8. The van der Waals surface area contributed by atoms with Crippen molar-refractivity contribution in [3.8, 4) is 56.2 Å². The van der Waals surface area contributed by atoms with Gasteiger partial charge in [0.2, 0.25) is 0 Å². The summed E-state index contributed by atoms with van der Waals surface area (Å²) >= 11 is 1.84. The Morgan fingerprint density at radius 3 is 1.91 bits per heavy atom. The third-order valence-electron chi connectivity index (χ3n) is 11.5. The van der Waals surface area contributed by atoms with Gasteiger partial charge in [0.1, 0.15) is 0 Å². The van der Waals surface area contributed by atoms with Crippen LogP contribution in [-0.4, -0.2) is 9.97 Å². The van der Waals surface area contributed by atoms with Gasteiger partial charge in [-0.05, 0) is 85.3 Å². The number of rotatable bonds is 4. The highest BCUT2D eigenvalue weighted by Crippen LogP contribution is 2.55. The largest absolute Gasteiger partial charge is 0.228 e. The number of hydrogen-bond acceptors (Lipinski definition) is 3. The summed E-state index contributed by atoms with van der Waals surface area (Å²) in [6.07, 6.45) is 0. The molecule has 0 atom stereocenters. The van der Waals surface area contributed by atoms with Crippen LogP contribution in [0.4, 0.5) is 0 Å². The maximum absolute atomic E-state index is 5.35. The molecule has 2 nitrogen and oxygen atoms in total. The van der Waals surface area contributed by atoms with Gasteiger partial charge >= 0.3 is 0 Å². The summed E-state index contributed by atoms with van der Waals surface area (Å²) < 4.78 is 2.58. The van der Waals surface area contributed by atoms with Crippen molar-refractivity contribution in [2.24, 2.45) is 0 Å². The maximum atomic E-state index is 5.35. The number of hydrogen-bond donors (Lipinski definition) is 0. The van der Waals surface area contributed by atoms with E-state index in [9.17, 15) is 0 Å². The third kappa shape index (κ3) is 4.65. The minimum Gasteiger partial charge on any atom is -0.228 e. The number of nitrogens with zero attached hydrogens (tertiary/aromatic N) is 2. The maximum Gasteiger partial charge on any atom is 0.161 e. The fourth-order valence-electron chi connectivity index (χ4n) is 8.96. The van der Waals surface area contributed by atoms with E-state index in [0.717, 1.165) is 39.3 Å². The molecule has 2 heterocycles. The lowest BCUT2D eigenvalue weighted by molar-refractivity contribution is 0.666. The lowest BCUT2D eigenvalue weighted by Gasteiger charge is -2.23. The van der Waals surface area contributed by atoms with Crippen molar-refractivity contribution in [2.45, 2.75) is 19.3 Å². The van der Waals surface area contributed by atoms with E-state index in [1.165, 1.54) is 69.7 Å². The molecule has 8 aromatic carbocycles. The molecule has 0 saturated heterocycles. The second-order valence-electron chi connectivity index (χ2n) is 14.9. The molecule has 0 N–H and O–H groups in total. The zero-order valence-electron chi connectivity index (χ0n) is 30.0. The van der Waals surface area contributed by atoms with E-state index in [-0.39, 0.29) is 5.41 Å². The summed E-state index contributed by atoms with van der Waals surface area (Å²) in [6.45, 7) is 4.75. The first-order valence-corrected chi connectivity index (χ1v) is 19.4. The van der Waals surface area contributed by atoms with Crippen LogP contribution in [0.5, 0.6) is 0 Å². The van der Waals surface area contributed by atoms with Gasteiger partial charge in [0.25, 0.3) is 0 Å². The van der Waals surface area contributed by atoms with Crippen LogP contribution in [0.1, 0.15) is 25.0 Å². The standard InChI is InChI=1S/C51H34N2S/c1-51(2)43-21-12-20-39(48(43)41-25-23-31-13-6-7-16-34(31)49(41)51)37-26-27-40(36-18-9-8-17-35(36)37)50-52-44(32-14-4-3-5-15-32)30-45(53-50)33-24-28-47-42(29-33)38-19-10-11-22-46(38)54-47/h3-30H,1-2H3. The Balaban J connectivity index is 1.12. The molecular formula is C51H34N2S. The second kappa shape index (κ2) is 11.8. The summed E-state index contributed by atoms with van der Waals surface area (Å²) in [5, 5.41) is 7.49. The summed E-state index contributed by atoms with van der Waals surface area (Å²) in [5.74, 6) is 0.723. The predicted molar refractivity (Wildman–Crippen MR) is 229 cm³/mol. The molecule has 11 rings (SSSR count). The molecule has 0 radical (unpaired) electrons. The number of aromatic nitrogens is 2. The van der Waals surface area contributed by atoms with Crippen molar-refractivity contribution in [3.63, 3.8) is 0 Å². The average Bonchev–Trinajstić information content (AvgIpc) is 3.72. The van der Waals surface area contributed by atoms with Gasteiger partial charge in [-0.1, -0.05) is 153 Å². The first-order chi connectivity index (χ1) is 26.5. The molecule has 1 aliphatic carbocycles. The highest BCUT2D eigenvalue weighted by molar-refractivity contribution is 7.25. The van der Waals surface area contributed by atoms with Crippen molar-refractivity contribution < 1.29 is 0 Å². The van der Waals surface area contributed by atoms with Crippen molar-refractivity contribution in [3.05, 3.63) is 181 Å². The Morgan fingerprint density at radius 1 is 0.426 bits per heavy atom. The minimum atomic E-state index is -0.127. The fourth-order valence-corrected chi connectivity index (χ4v) is 10.0. The van der Waals surface area contributed by atoms with E-state index in [0.29, 0.717) is 0 Å². The fraction of sp³-hybridized carbons (Fsp3) is 0.0588. The molecule has 0 fully saturated rings. The van der Waals surface area contributed by atoms with Gasteiger partial charge in [-0.2, -0.15) is 0 Å². The van der Waals surface area contributed by atoms with Crippen LogP contribution >= 0.6 is 11.3 Å². The molecule has 0 unspecified atom stereocenters. The molecule has 2 aromatic heterocycles. The minimum absolute atomic E-state index is 0.127. The van der Waals surface area contributed by atoms with Gasteiger partial charge < -0.3 is 0 Å². The number of thiophene rings is 1. The molecule has 1 aliphatic rings. The molecular weight excluding hydrogens is 673 g/mol. The van der Waals surface area contributed by atoms with Gasteiger partial charge in [-0.3, -0.25) is 0 Å². The molecule has 0 spiro atoms. The Morgan fingerprint density at radius 2 is 1.07 bits per heavy atom. The monoisotopic (exact) mass is 706 g/mol. The topological polar surface area (TPSA) is 25.8 Å². The molecule has 0 amide bonds. The smallest absolute Gasteiger partial charge is 0.161 e. The van der Waals surface area contributed by atoms with E-state index < -0.39 is 0 Å². The van der Waals surface area contributed by atoms with Crippen molar-refractivity contribution >= 4 is 53.1 Å². The van der Waals surface area contributed by atoms with Crippen molar-refractivity contribution in [1.29, 1.82) is 0 Å². The van der Waals surface area contributed by atoms with Crippen molar-refractivity contribution in [1.82, 2.24) is 9.97 Å². The molecule has 0 aliphatic heterocycles. The number of fused-ring (bicyclic) bond motifs is 9. The molecule has 0 saturated carbocycles. The van der Waals surface area contributed by atoms with E-state index in [1.54, 1.807) is 0 Å². The molecule has 10 aromatic rings. The van der Waals surface area contributed by atoms with Crippen LogP contribution in [0.3, 0.4) is 0 Å².